The molecule has 1 aromatic heterocycles. The fourth-order valence-electron chi connectivity index (χ4n) is 2.00. The van der Waals surface area contributed by atoms with E-state index in [1.165, 1.54) is 0 Å². The third-order valence-corrected chi connectivity index (χ3v) is 2.81. The van der Waals surface area contributed by atoms with Crippen LogP contribution in [-0.2, 0) is 4.79 Å². The van der Waals surface area contributed by atoms with Crippen LogP contribution in [0, 0.1) is 6.92 Å². The van der Waals surface area contributed by atoms with Crippen LogP contribution in [0.1, 0.15) is 11.3 Å². The molecule has 0 amide bonds. The Bertz CT molecular complexity index is 608. The van der Waals surface area contributed by atoms with Crippen molar-refractivity contribution in [3.05, 3.63) is 41.7 Å². The van der Waals surface area contributed by atoms with E-state index in [1.807, 2.05) is 62.2 Å². The molecule has 0 aliphatic rings. The lowest BCUT2D eigenvalue weighted by atomic mass is 10.0. The summed E-state index contributed by atoms with van der Waals surface area (Å²) in [6.07, 6.45) is 0. The summed E-state index contributed by atoms with van der Waals surface area (Å²) in [7, 11) is 3.81. The number of hydrogen-bond donors (Lipinski definition) is 0. The molecule has 0 radical (unpaired) electrons. The summed E-state index contributed by atoms with van der Waals surface area (Å²) in [5.41, 5.74) is 2.93. The Kier molecular flexibility index (Phi) is 3.95. The van der Waals surface area contributed by atoms with Crippen LogP contribution in [-0.4, -0.2) is 36.6 Å². The fraction of sp³-hybridized carbons (Fsp3) is 0.267. The molecule has 0 aliphatic heterocycles. The van der Waals surface area contributed by atoms with Gasteiger partial charge in [0.1, 0.15) is 17.4 Å². The van der Waals surface area contributed by atoms with Gasteiger partial charge in [0, 0.05) is 12.1 Å². The van der Waals surface area contributed by atoms with E-state index in [1.54, 1.807) is 0 Å². The van der Waals surface area contributed by atoms with Gasteiger partial charge in [0.25, 0.3) is 0 Å². The van der Waals surface area contributed by atoms with Crippen molar-refractivity contribution in [1.82, 2.24) is 10.1 Å². The second-order valence-corrected chi connectivity index (χ2v) is 4.65. The van der Waals surface area contributed by atoms with Gasteiger partial charge in [-0.1, -0.05) is 35.5 Å². The maximum atomic E-state index is 11.2. The molecule has 98 valence electrons. The van der Waals surface area contributed by atoms with Gasteiger partial charge in [-0.2, -0.15) is 0 Å². The van der Waals surface area contributed by atoms with Crippen molar-refractivity contribution in [2.45, 2.75) is 6.92 Å². The first-order valence-corrected chi connectivity index (χ1v) is 6.04. The van der Waals surface area contributed by atoms with Gasteiger partial charge in [-0.15, -0.1) is 0 Å². The van der Waals surface area contributed by atoms with Gasteiger partial charge in [0.15, 0.2) is 0 Å². The van der Waals surface area contributed by atoms with E-state index in [-0.39, 0.29) is 0 Å². The van der Waals surface area contributed by atoms with Gasteiger partial charge in [0.2, 0.25) is 0 Å². The van der Waals surface area contributed by atoms with Crippen LogP contribution in [0.15, 0.2) is 34.9 Å². The maximum Gasteiger partial charge on any atom is 0.142 e. The average molecular weight is 256 g/mol. The molecule has 2 rings (SSSR count). The number of aryl methyl sites for hydroxylation is 1. The lowest BCUT2D eigenvalue weighted by Gasteiger charge is -2.10. The summed E-state index contributed by atoms with van der Waals surface area (Å²) in [5, 5.41) is 4.07. The number of carbonyl (C=O) groups excluding carboxylic acids is 1. The smallest absolute Gasteiger partial charge is 0.142 e. The van der Waals surface area contributed by atoms with Crippen molar-refractivity contribution >= 4 is 11.5 Å². The number of nitrogens with zero attached hydrogens (tertiary/aromatic N) is 2. The zero-order chi connectivity index (χ0) is 13.8. The summed E-state index contributed by atoms with van der Waals surface area (Å²) >= 11 is 0. The first-order chi connectivity index (χ1) is 9.13. The number of hydrogen-bond acceptors (Lipinski definition) is 4. The molecule has 4 heteroatoms. The predicted molar refractivity (Wildman–Crippen MR) is 74.3 cm³/mol. The van der Waals surface area contributed by atoms with Crippen LogP contribution < -0.4 is 0 Å². The van der Waals surface area contributed by atoms with E-state index in [0.717, 1.165) is 11.1 Å². The molecule has 0 N–H and O–H groups in total. The topological polar surface area (TPSA) is 46.3 Å². The second-order valence-electron chi connectivity index (χ2n) is 4.65. The van der Waals surface area contributed by atoms with Crippen molar-refractivity contribution in [1.29, 1.82) is 0 Å². The lowest BCUT2D eigenvalue weighted by molar-refractivity contribution is 0.399. The van der Waals surface area contributed by atoms with Crippen molar-refractivity contribution in [2.75, 3.05) is 20.6 Å². The van der Waals surface area contributed by atoms with Gasteiger partial charge >= 0.3 is 0 Å². The highest BCUT2D eigenvalue weighted by Crippen LogP contribution is 2.29. The Morgan fingerprint density at radius 1 is 1.32 bits per heavy atom. The number of rotatable bonds is 4. The molecule has 2 aromatic rings. The lowest BCUT2D eigenvalue weighted by Crippen LogP contribution is -2.15. The van der Waals surface area contributed by atoms with Gasteiger partial charge in [0.05, 0.1) is 11.1 Å². The first kappa shape index (κ1) is 13.3. The number of likely N-dealkylation sites (N-methyl/N-ethyl adjacent to an activating group) is 1. The van der Waals surface area contributed by atoms with Crippen LogP contribution >= 0.6 is 0 Å². The first-order valence-electron chi connectivity index (χ1n) is 6.04. The Balaban J connectivity index is 2.52. The van der Waals surface area contributed by atoms with E-state index in [9.17, 15) is 4.79 Å². The molecular weight excluding hydrogens is 240 g/mol. The number of aromatic nitrogens is 1. The Hall–Kier alpha value is -2.16. The van der Waals surface area contributed by atoms with E-state index >= 15 is 0 Å². The van der Waals surface area contributed by atoms with E-state index in [0.29, 0.717) is 23.6 Å². The summed E-state index contributed by atoms with van der Waals surface area (Å²) < 4.78 is 5.25. The van der Waals surface area contributed by atoms with Crippen LogP contribution in [0.4, 0.5) is 0 Å². The molecule has 1 heterocycles. The van der Waals surface area contributed by atoms with Gasteiger partial charge in [-0.3, -0.25) is 0 Å². The molecule has 0 saturated heterocycles. The van der Waals surface area contributed by atoms with E-state index in [2.05, 4.69) is 5.16 Å². The molecule has 0 unspecified atom stereocenters. The summed E-state index contributed by atoms with van der Waals surface area (Å²) in [5.74, 6) is 2.65. The largest absolute Gasteiger partial charge is 0.360 e. The molecule has 0 spiro atoms. The summed E-state index contributed by atoms with van der Waals surface area (Å²) in [6.45, 7) is 2.31. The monoisotopic (exact) mass is 256 g/mol. The SMILES string of the molecule is Cc1onc(-c2ccccc2)c1C(=C=O)CN(C)C. The highest BCUT2D eigenvalue weighted by molar-refractivity contribution is 5.94. The minimum atomic E-state index is 0.505. The zero-order valence-corrected chi connectivity index (χ0v) is 11.3. The molecule has 0 atom stereocenters. The Morgan fingerprint density at radius 3 is 2.58 bits per heavy atom. The van der Waals surface area contributed by atoms with Crippen LogP contribution in [0.3, 0.4) is 0 Å². The maximum absolute atomic E-state index is 11.2. The van der Waals surface area contributed by atoms with Crippen LogP contribution in [0.25, 0.3) is 16.8 Å². The van der Waals surface area contributed by atoms with E-state index in [4.69, 9.17) is 4.52 Å². The summed E-state index contributed by atoms with van der Waals surface area (Å²) in [4.78, 5) is 13.1. The molecule has 0 aliphatic carbocycles. The fourth-order valence-corrected chi connectivity index (χ4v) is 2.00. The van der Waals surface area contributed by atoms with Gasteiger partial charge in [-0.05, 0) is 21.0 Å². The third-order valence-electron chi connectivity index (χ3n) is 2.81. The molecular formula is C15H16N2O2. The molecule has 0 bridgehead atoms. The molecule has 19 heavy (non-hydrogen) atoms. The standard InChI is InChI=1S/C15H16N2O2/c1-11-14(13(10-18)9-17(2)3)15(16-19-11)12-7-5-4-6-8-12/h4-8H,9H2,1-3H3. The highest BCUT2D eigenvalue weighted by Gasteiger charge is 2.19. The highest BCUT2D eigenvalue weighted by atomic mass is 16.5. The van der Waals surface area contributed by atoms with Crippen molar-refractivity contribution in [2.24, 2.45) is 0 Å². The second kappa shape index (κ2) is 5.65. The molecule has 0 saturated carbocycles. The predicted octanol–water partition coefficient (Wildman–Crippen LogP) is 2.43. The van der Waals surface area contributed by atoms with Gasteiger partial charge in [-0.25, -0.2) is 4.79 Å². The zero-order valence-electron chi connectivity index (χ0n) is 11.3. The van der Waals surface area contributed by atoms with Crippen LogP contribution in [0.5, 0.6) is 0 Å². The quantitative estimate of drug-likeness (QED) is 0.788. The van der Waals surface area contributed by atoms with Crippen molar-refractivity contribution < 1.29 is 9.32 Å². The Morgan fingerprint density at radius 2 is 2.00 bits per heavy atom. The van der Waals surface area contributed by atoms with Gasteiger partial charge < -0.3 is 9.42 Å². The molecule has 4 nitrogen and oxygen atoms in total. The average Bonchev–Trinajstić information content (AvgIpc) is 2.79. The molecule has 1 aromatic carbocycles. The van der Waals surface area contributed by atoms with Crippen LogP contribution in [0.2, 0.25) is 0 Å². The van der Waals surface area contributed by atoms with E-state index < -0.39 is 0 Å². The normalized spacial score (nSPS) is 10.5. The van der Waals surface area contributed by atoms with Crippen molar-refractivity contribution in [3.63, 3.8) is 0 Å². The minimum absolute atomic E-state index is 0.505. The Labute approximate surface area is 112 Å². The third kappa shape index (κ3) is 2.81. The molecule has 0 fully saturated rings. The summed E-state index contributed by atoms with van der Waals surface area (Å²) in [6, 6.07) is 9.68. The number of benzene rings is 1. The minimum Gasteiger partial charge on any atom is -0.360 e. The van der Waals surface area contributed by atoms with Crippen molar-refractivity contribution in [3.8, 4) is 11.3 Å².